The molecule has 0 aromatic carbocycles. The third-order valence-corrected chi connectivity index (χ3v) is 2.08. The van der Waals surface area contributed by atoms with Crippen molar-refractivity contribution < 1.29 is 0 Å². The van der Waals surface area contributed by atoms with Crippen molar-refractivity contribution in [2.24, 2.45) is 5.92 Å². The molecule has 90 valence electrons. The largest absolute Gasteiger partial charge is 0.368 e. The van der Waals surface area contributed by atoms with E-state index in [0.717, 1.165) is 6.54 Å². The van der Waals surface area contributed by atoms with Crippen molar-refractivity contribution >= 4 is 11.9 Å². The average Bonchev–Trinajstić information content (AvgIpc) is 2.69. The number of aromatic nitrogens is 5. The van der Waals surface area contributed by atoms with E-state index in [1.165, 1.54) is 11.0 Å². The zero-order chi connectivity index (χ0) is 12.3. The van der Waals surface area contributed by atoms with Gasteiger partial charge in [0.2, 0.25) is 11.9 Å². The van der Waals surface area contributed by atoms with Crippen LogP contribution in [0.4, 0.5) is 11.9 Å². The number of hydrogen-bond donors (Lipinski definition) is 2. The van der Waals surface area contributed by atoms with E-state index in [0.29, 0.717) is 23.6 Å². The van der Waals surface area contributed by atoms with Crippen LogP contribution in [0.2, 0.25) is 0 Å². The topological polar surface area (TPSA) is 94.5 Å². The van der Waals surface area contributed by atoms with Crippen molar-refractivity contribution in [3.8, 4) is 5.82 Å². The summed E-state index contributed by atoms with van der Waals surface area (Å²) in [4.78, 5) is 12.0. The Kier molecular flexibility index (Phi) is 3.17. The van der Waals surface area contributed by atoms with E-state index >= 15 is 0 Å². The van der Waals surface area contributed by atoms with Crippen molar-refractivity contribution in [1.82, 2.24) is 24.7 Å². The molecule has 0 aliphatic carbocycles. The van der Waals surface area contributed by atoms with Crippen molar-refractivity contribution in [2.75, 3.05) is 17.6 Å². The van der Waals surface area contributed by atoms with Crippen molar-refractivity contribution in [3.05, 3.63) is 18.6 Å². The monoisotopic (exact) mass is 233 g/mol. The van der Waals surface area contributed by atoms with Crippen LogP contribution in [0.3, 0.4) is 0 Å². The Bertz CT molecular complexity index is 477. The lowest BCUT2D eigenvalue weighted by Crippen LogP contribution is -2.09. The van der Waals surface area contributed by atoms with Gasteiger partial charge in [-0.2, -0.15) is 9.67 Å². The first kappa shape index (κ1) is 11.3. The summed E-state index contributed by atoms with van der Waals surface area (Å²) in [5.41, 5.74) is 5.77. The Hall–Kier alpha value is -2.18. The molecule has 2 aromatic heterocycles. The summed E-state index contributed by atoms with van der Waals surface area (Å²) in [6.07, 6.45) is 3.07. The van der Waals surface area contributed by atoms with E-state index in [2.05, 4.69) is 39.2 Å². The molecule has 0 aliphatic rings. The molecule has 0 fully saturated rings. The summed E-state index contributed by atoms with van der Waals surface area (Å²) in [5, 5.41) is 7.34. The van der Waals surface area contributed by atoms with E-state index in [4.69, 9.17) is 5.73 Å². The molecule has 0 atom stereocenters. The second-order valence-corrected chi connectivity index (χ2v) is 4.05. The molecular formula is C10H15N7. The highest BCUT2D eigenvalue weighted by atomic mass is 15.4. The van der Waals surface area contributed by atoms with Gasteiger partial charge in [0.25, 0.3) is 0 Å². The van der Waals surface area contributed by atoms with Crippen LogP contribution < -0.4 is 11.1 Å². The van der Waals surface area contributed by atoms with Crippen LogP contribution in [0.1, 0.15) is 13.8 Å². The highest BCUT2D eigenvalue weighted by molar-refractivity contribution is 5.37. The maximum atomic E-state index is 5.77. The van der Waals surface area contributed by atoms with Crippen LogP contribution >= 0.6 is 0 Å². The summed E-state index contributed by atoms with van der Waals surface area (Å²) in [6.45, 7) is 5.02. The van der Waals surface area contributed by atoms with Crippen LogP contribution in [0.15, 0.2) is 18.6 Å². The van der Waals surface area contributed by atoms with Crippen LogP contribution in [0.5, 0.6) is 0 Å². The van der Waals surface area contributed by atoms with Gasteiger partial charge in [0.05, 0.1) is 0 Å². The fourth-order valence-electron chi connectivity index (χ4n) is 1.27. The maximum absolute atomic E-state index is 5.77. The van der Waals surface area contributed by atoms with Gasteiger partial charge >= 0.3 is 0 Å². The molecule has 0 unspecified atom stereocenters. The summed E-state index contributed by atoms with van der Waals surface area (Å²) >= 11 is 0. The zero-order valence-electron chi connectivity index (χ0n) is 9.83. The first-order chi connectivity index (χ1) is 8.16. The minimum Gasteiger partial charge on any atom is -0.368 e. The third-order valence-electron chi connectivity index (χ3n) is 2.08. The van der Waals surface area contributed by atoms with Gasteiger partial charge < -0.3 is 11.1 Å². The molecule has 0 saturated heterocycles. The summed E-state index contributed by atoms with van der Waals surface area (Å²) < 4.78 is 1.48. The second kappa shape index (κ2) is 4.77. The van der Waals surface area contributed by atoms with Gasteiger partial charge in [-0.05, 0) is 5.92 Å². The van der Waals surface area contributed by atoms with Gasteiger partial charge in [-0.15, -0.1) is 5.10 Å². The van der Waals surface area contributed by atoms with E-state index < -0.39 is 0 Å². The lowest BCUT2D eigenvalue weighted by Gasteiger charge is -2.03. The summed E-state index contributed by atoms with van der Waals surface area (Å²) in [6, 6.07) is 1.72. The van der Waals surface area contributed by atoms with Crippen LogP contribution in [0.25, 0.3) is 5.82 Å². The molecule has 3 N–H and O–H groups in total. The average molecular weight is 233 g/mol. The Morgan fingerprint density at radius 1 is 1.47 bits per heavy atom. The number of nitrogens with zero attached hydrogens (tertiary/aromatic N) is 5. The Balaban J connectivity index is 2.20. The minimum atomic E-state index is 0.301. The fourth-order valence-corrected chi connectivity index (χ4v) is 1.27. The SMILES string of the molecule is CC(C)CNc1nc(N)n(-c2ccncn2)n1. The van der Waals surface area contributed by atoms with Crippen molar-refractivity contribution in [2.45, 2.75) is 13.8 Å². The molecular weight excluding hydrogens is 218 g/mol. The van der Waals surface area contributed by atoms with E-state index in [1.54, 1.807) is 12.3 Å². The molecule has 0 bridgehead atoms. The lowest BCUT2D eigenvalue weighted by atomic mass is 10.2. The number of anilines is 2. The van der Waals surface area contributed by atoms with Crippen molar-refractivity contribution in [3.63, 3.8) is 0 Å². The van der Waals surface area contributed by atoms with Gasteiger partial charge in [-0.25, -0.2) is 9.97 Å². The quantitative estimate of drug-likeness (QED) is 0.807. The number of rotatable bonds is 4. The molecule has 0 spiro atoms. The molecule has 0 aliphatic heterocycles. The number of nitrogens with one attached hydrogen (secondary N) is 1. The van der Waals surface area contributed by atoms with Gasteiger partial charge in [0, 0.05) is 18.8 Å². The van der Waals surface area contributed by atoms with Gasteiger partial charge in [-0.3, -0.25) is 0 Å². The molecule has 2 aromatic rings. The lowest BCUT2D eigenvalue weighted by molar-refractivity contribution is 0.683. The van der Waals surface area contributed by atoms with Gasteiger partial charge in [-0.1, -0.05) is 13.8 Å². The molecule has 2 heterocycles. The molecule has 0 amide bonds. The Labute approximate surface area is 99.1 Å². The molecule has 7 nitrogen and oxygen atoms in total. The van der Waals surface area contributed by atoms with Gasteiger partial charge in [0.15, 0.2) is 5.82 Å². The van der Waals surface area contributed by atoms with E-state index in [1.807, 2.05) is 0 Å². The molecule has 17 heavy (non-hydrogen) atoms. The standard InChI is InChI=1S/C10H15N7/c1-7(2)5-13-10-15-9(11)17(16-10)8-3-4-12-6-14-8/h3-4,6-7H,5H2,1-2H3,(H3,11,13,15,16). The van der Waals surface area contributed by atoms with Crippen LogP contribution in [-0.2, 0) is 0 Å². The fraction of sp³-hybridized carbons (Fsp3) is 0.400. The smallest absolute Gasteiger partial charge is 0.244 e. The molecule has 0 saturated carbocycles. The van der Waals surface area contributed by atoms with Crippen molar-refractivity contribution in [1.29, 1.82) is 0 Å². The Morgan fingerprint density at radius 2 is 2.29 bits per heavy atom. The normalized spacial score (nSPS) is 10.8. The highest BCUT2D eigenvalue weighted by Gasteiger charge is 2.09. The number of hydrogen-bond acceptors (Lipinski definition) is 6. The van der Waals surface area contributed by atoms with Crippen LogP contribution in [0, 0.1) is 5.92 Å². The summed E-state index contributed by atoms with van der Waals surface area (Å²) in [5.74, 6) is 1.93. The first-order valence-electron chi connectivity index (χ1n) is 5.39. The van der Waals surface area contributed by atoms with E-state index in [-0.39, 0.29) is 0 Å². The third kappa shape index (κ3) is 2.68. The molecule has 2 rings (SSSR count). The number of nitrogen functional groups attached to an aromatic ring is 1. The maximum Gasteiger partial charge on any atom is 0.244 e. The summed E-state index contributed by atoms with van der Waals surface area (Å²) in [7, 11) is 0. The van der Waals surface area contributed by atoms with E-state index in [9.17, 15) is 0 Å². The molecule has 7 heteroatoms. The van der Waals surface area contributed by atoms with Gasteiger partial charge in [0.1, 0.15) is 6.33 Å². The van der Waals surface area contributed by atoms with Crippen LogP contribution in [-0.4, -0.2) is 31.3 Å². The number of nitrogens with two attached hydrogens (primary N) is 1. The predicted octanol–water partition coefficient (Wildman–Crippen LogP) is 0.707. The minimum absolute atomic E-state index is 0.301. The highest BCUT2D eigenvalue weighted by Crippen LogP contribution is 2.10. The first-order valence-corrected chi connectivity index (χ1v) is 5.39. The molecule has 0 radical (unpaired) electrons. The second-order valence-electron chi connectivity index (χ2n) is 4.05. The zero-order valence-corrected chi connectivity index (χ0v) is 9.83. The Morgan fingerprint density at radius 3 is 2.94 bits per heavy atom. The predicted molar refractivity (Wildman–Crippen MR) is 64.7 cm³/mol.